The van der Waals surface area contributed by atoms with Crippen LogP contribution in [-0.4, -0.2) is 16.1 Å². The Balaban J connectivity index is 1.40. The molecule has 0 radical (unpaired) electrons. The van der Waals surface area contributed by atoms with Crippen molar-refractivity contribution in [2.24, 2.45) is 0 Å². The quantitative estimate of drug-likeness (QED) is 0.490. The number of hydrogen-bond acceptors (Lipinski definition) is 8. The van der Waals surface area contributed by atoms with Crippen LogP contribution in [0.2, 0.25) is 0 Å². The van der Waals surface area contributed by atoms with E-state index in [1.165, 1.54) is 11.3 Å². The molecule has 0 aliphatic heterocycles. The van der Waals surface area contributed by atoms with E-state index < -0.39 is 5.97 Å². The van der Waals surface area contributed by atoms with Crippen molar-refractivity contribution in [2.45, 2.75) is 6.61 Å². The second kappa shape index (κ2) is 6.42. The van der Waals surface area contributed by atoms with Gasteiger partial charge in [0.25, 0.3) is 0 Å². The Morgan fingerprint density at radius 1 is 1.25 bits per heavy atom. The van der Waals surface area contributed by atoms with Crippen LogP contribution in [0.4, 0.5) is 0 Å². The average Bonchev–Trinajstić information content (AvgIpc) is 3.40. The van der Waals surface area contributed by atoms with Gasteiger partial charge in [0, 0.05) is 22.4 Å². The Morgan fingerprint density at radius 2 is 2.21 bits per heavy atom. The molecule has 24 heavy (non-hydrogen) atoms. The lowest BCUT2D eigenvalue weighted by Crippen LogP contribution is -2.05. The highest BCUT2D eigenvalue weighted by Gasteiger charge is 2.15. The van der Waals surface area contributed by atoms with E-state index in [1.807, 2.05) is 16.8 Å². The van der Waals surface area contributed by atoms with E-state index in [0.29, 0.717) is 17.2 Å². The summed E-state index contributed by atoms with van der Waals surface area (Å²) >= 11 is 2.99. The van der Waals surface area contributed by atoms with Crippen LogP contribution in [0.5, 0.6) is 0 Å². The highest BCUT2D eigenvalue weighted by Crippen LogP contribution is 2.26. The smallest absolute Gasteiger partial charge is 0.358 e. The predicted molar refractivity (Wildman–Crippen MR) is 88.8 cm³/mol. The SMILES string of the molecule is O=C(OCc1cc(-c2ccco2)on1)c1csc(-c2ccsc2)n1. The van der Waals surface area contributed by atoms with Crippen LogP contribution in [0, 0.1) is 0 Å². The van der Waals surface area contributed by atoms with Gasteiger partial charge in [-0.15, -0.1) is 11.3 Å². The highest BCUT2D eigenvalue weighted by molar-refractivity contribution is 7.14. The van der Waals surface area contributed by atoms with Gasteiger partial charge in [-0.3, -0.25) is 0 Å². The molecule has 4 rings (SSSR count). The summed E-state index contributed by atoms with van der Waals surface area (Å²) < 4.78 is 15.6. The molecular formula is C16H10N2O4S2. The van der Waals surface area contributed by atoms with Crippen molar-refractivity contribution in [1.82, 2.24) is 10.1 Å². The Hall–Kier alpha value is -2.71. The average molecular weight is 358 g/mol. The lowest BCUT2D eigenvalue weighted by atomic mass is 10.3. The Morgan fingerprint density at radius 3 is 3.00 bits per heavy atom. The molecule has 4 aromatic heterocycles. The number of carbonyl (C=O) groups excluding carboxylic acids is 1. The van der Waals surface area contributed by atoms with Crippen molar-refractivity contribution in [3.63, 3.8) is 0 Å². The third-order valence-electron chi connectivity index (χ3n) is 3.16. The van der Waals surface area contributed by atoms with Crippen LogP contribution in [-0.2, 0) is 11.3 Å². The van der Waals surface area contributed by atoms with Crippen molar-refractivity contribution < 1.29 is 18.5 Å². The topological polar surface area (TPSA) is 78.4 Å². The van der Waals surface area contributed by atoms with Crippen LogP contribution in [0.3, 0.4) is 0 Å². The molecule has 0 amide bonds. The van der Waals surface area contributed by atoms with Gasteiger partial charge >= 0.3 is 5.97 Å². The van der Waals surface area contributed by atoms with Crippen LogP contribution in [0.25, 0.3) is 22.1 Å². The first-order valence-electron chi connectivity index (χ1n) is 6.94. The summed E-state index contributed by atoms with van der Waals surface area (Å²) in [7, 11) is 0. The molecule has 4 heterocycles. The van der Waals surface area contributed by atoms with Crippen LogP contribution in [0.1, 0.15) is 16.2 Å². The van der Waals surface area contributed by atoms with Gasteiger partial charge in [-0.2, -0.15) is 11.3 Å². The van der Waals surface area contributed by atoms with Gasteiger partial charge in [-0.1, -0.05) is 5.16 Å². The van der Waals surface area contributed by atoms with E-state index >= 15 is 0 Å². The van der Waals surface area contributed by atoms with E-state index in [9.17, 15) is 4.79 Å². The molecule has 0 N–H and O–H groups in total. The number of aromatic nitrogens is 2. The first-order chi connectivity index (χ1) is 11.8. The number of thiophene rings is 1. The number of hydrogen-bond donors (Lipinski definition) is 0. The Labute approximate surface area is 144 Å². The highest BCUT2D eigenvalue weighted by atomic mass is 32.1. The van der Waals surface area contributed by atoms with Crippen LogP contribution >= 0.6 is 22.7 Å². The summed E-state index contributed by atoms with van der Waals surface area (Å²) in [5, 5.41) is 10.3. The summed E-state index contributed by atoms with van der Waals surface area (Å²) in [5.74, 6) is 0.565. The fourth-order valence-electron chi connectivity index (χ4n) is 2.01. The zero-order chi connectivity index (χ0) is 16.4. The van der Waals surface area contributed by atoms with Gasteiger partial charge in [-0.25, -0.2) is 9.78 Å². The monoisotopic (exact) mass is 358 g/mol. The number of rotatable bonds is 5. The standard InChI is InChI=1S/C16H10N2O4S2/c19-16(12-9-24-15(17-12)10-3-5-23-8-10)21-7-11-6-14(22-18-11)13-2-1-4-20-13/h1-6,8-9H,7H2. The Kier molecular flexibility index (Phi) is 3.97. The van der Waals surface area contributed by atoms with Gasteiger partial charge in [0.05, 0.1) is 6.26 Å². The summed E-state index contributed by atoms with van der Waals surface area (Å²) in [4.78, 5) is 16.4. The molecule has 0 aliphatic rings. The molecule has 0 bridgehead atoms. The molecule has 8 heteroatoms. The lowest BCUT2D eigenvalue weighted by molar-refractivity contribution is 0.0458. The largest absolute Gasteiger partial charge is 0.461 e. The van der Waals surface area contributed by atoms with E-state index in [2.05, 4.69) is 10.1 Å². The maximum Gasteiger partial charge on any atom is 0.358 e. The number of furan rings is 1. The maximum atomic E-state index is 12.1. The number of carbonyl (C=O) groups is 1. The number of esters is 1. The Bertz CT molecular complexity index is 939. The second-order valence-corrected chi connectivity index (χ2v) is 6.42. The molecule has 0 spiro atoms. The normalized spacial score (nSPS) is 10.8. The van der Waals surface area contributed by atoms with E-state index in [1.54, 1.807) is 41.2 Å². The predicted octanol–water partition coefficient (Wildman–Crippen LogP) is 4.48. The maximum absolute atomic E-state index is 12.1. The molecule has 0 aromatic carbocycles. The minimum absolute atomic E-state index is 0.00829. The number of ether oxygens (including phenoxy) is 1. The molecule has 0 saturated carbocycles. The molecule has 6 nitrogen and oxygen atoms in total. The summed E-state index contributed by atoms with van der Waals surface area (Å²) in [6.45, 7) is 0.00829. The second-order valence-electron chi connectivity index (χ2n) is 4.79. The van der Waals surface area contributed by atoms with E-state index in [0.717, 1.165) is 10.6 Å². The number of thiazole rings is 1. The van der Waals surface area contributed by atoms with E-state index in [4.69, 9.17) is 13.7 Å². The van der Waals surface area contributed by atoms with Gasteiger partial charge in [-0.05, 0) is 23.6 Å². The third kappa shape index (κ3) is 3.01. The molecule has 4 aromatic rings. The van der Waals surface area contributed by atoms with Gasteiger partial charge < -0.3 is 13.7 Å². The first-order valence-corrected chi connectivity index (χ1v) is 8.76. The van der Waals surface area contributed by atoms with Gasteiger partial charge in [0.15, 0.2) is 11.5 Å². The number of nitrogens with zero attached hydrogens (tertiary/aromatic N) is 2. The van der Waals surface area contributed by atoms with Crippen molar-refractivity contribution in [3.05, 3.63) is 58.1 Å². The van der Waals surface area contributed by atoms with Crippen LogP contribution < -0.4 is 0 Å². The molecule has 0 fully saturated rings. The van der Waals surface area contributed by atoms with Crippen LogP contribution in [0.15, 0.2) is 55.6 Å². The van der Waals surface area contributed by atoms with Gasteiger partial charge in [0.1, 0.15) is 17.3 Å². The summed E-state index contributed by atoms with van der Waals surface area (Å²) in [6.07, 6.45) is 1.55. The molecule has 0 unspecified atom stereocenters. The minimum Gasteiger partial charge on any atom is -0.461 e. The molecule has 120 valence electrons. The third-order valence-corrected chi connectivity index (χ3v) is 4.73. The molecule has 0 saturated heterocycles. The molecule has 0 aliphatic carbocycles. The van der Waals surface area contributed by atoms with E-state index in [-0.39, 0.29) is 12.3 Å². The fraction of sp³-hybridized carbons (Fsp3) is 0.0625. The lowest BCUT2D eigenvalue weighted by Gasteiger charge is -1.98. The zero-order valence-electron chi connectivity index (χ0n) is 12.2. The molecular weight excluding hydrogens is 348 g/mol. The van der Waals surface area contributed by atoms with Crippen molar-refractivity contribution in [1.29, 1.82) is 0 Å². The minimum atomic E-state index is -0.490. The summed E-state index contributed by atoms with van der Waals surface area (Å²) in [5.41, 5.74) is 1.79. The summed E-state index contributed by atoms with van der Waals surface area (Å²) in [6, 6.07) is 7.15. The van der Waals surface area contributed by atoms with Gasteiger partial charge in [0.2, 0.25) is 5.76 Å². The van der Waals surface area contributed by atoms with Crippen molar-refractivity contribution >= 4 is 28.6 Å². The fourth-order valence-corrected chi connectivity index (χ4v) is 3.52. The zero-order valence-corrected chi connectivity index (χ0v) is 13.8. The van der Waals surface area contributed by atoms with Crippen molar-refractivity contribution in [2.75, 3.05) is 0 Å². The first kappa shape index (κ1) is 14.9. The molecule has 0 atom stereocenters. The van der Waals surface area contributed by atoms with Crippen molar-refractivity contribution in [3.8, 4) is 22.1 Å².